The second kappa shape index (κ2) is 7.08. The fraction of sp³-hybridized carbons (Fsp3) is 0.214. The predicted octanol–water partition coefficient (Wildman–Crippen LogP) is 1.79. The average molecular weight is 386 g/mol. The molecule has 0 atom stereocenters. The molecule has 0 unspecified atom stereocenters. The molecule has 2 rings (SSSR count). The summed E-state index contributed by atoms with van der Waals surface area (Å²) in [5.74, 6) is -0.291. The van der Waals surface area contributed by atoms with E-state index in [1.807, 2.05) is 6.92 Å². The predicted molar refractivity (Wildman–Crippen MR) is 87.2 cm³/mol. The van der Waals surface area contributed by atoms with Crippen LogP contribution < -0.4 is 10.0 Å². The van der Waals surface area contributed by atoms with Gasteiger partial charge in [-0.25, -0.2) is 13.1 Å². The molecule has 0 bridgehead atoms. The number of aromatic nitrogens is 1. The summed E-state index contributed by atoms with van der Waals surface area (Å²) in [6.45, 7) is 2.20. The van der Waals surface area contributed by atoms with Crippen LogP contribution in [0.2, 0.25) is 0 Å². The first-order valence-electron chi connectivity index (χ1n) is 6.57. The van der Waals surface area contributed by atoms with Crippen LogP contribution in [0.5, 0.6) is 0 Å². The van der Waals surface area contributed by atoms with Crippen LogP contribution in [0.3, 0.4) is 0 Å². The first kappa shape index (κ1) is 16.7. The third-order valence-corrected chi connectivity index (χ3v) is 4.86. The number of hydrogen-bond acceptors (Lipinski definition) is 3. The Labute approximate surface area is 137 Å². The number of aryl methyl sites for hydroxylation is 1. The van der Waals surface area contributed by atoms with Gasteiger partial charge in [0.15, 0.2) is 0 Å². The van der Waals surface area contributed by atoms with Crippen molar-refractivity contribution in [2.24, 2.45) is 0 Å². The maximum atomic E-state index is 12.0. The minimum Gasteiger partial charge on any atom is -0.356 e. The summed E-state index contributed by atoms with van der Waals surface area (Å²) in [4.78, 5) is 14.8. The maximum absolute atomic E-state index is 12.0. The molecule has 2 aromatic rings. The molecule has 1 aromatic carbocycles. The first-order valence-corrected chi connectivity index (χ1v) is 8.84. The van der Waals surface area contributed by atoms with Gasteiger partial charge in [-0.05, 0) is 41.1 Å². The van der Waals surface area contributed by atoms with Gasteiger partial charge in [-0.3, -0.25) is 4.79 Å². The van der Waals surface area contributed by atoms with Crippen molar-refractivity contribution in [3.8, 4) is 0 Å². The number of benzene rings is 1. The normalized spacial score (nSPS) is 11.4. The Hall–Kier alpha value is -1.64. The van der Waals surface area contributed by atoms with E-state index in [9.17, 15) is 13.2 Å². The SMILES string of the molecule is Cc1ccc(S(=O)(=O)NCCNC(=O)c2cc(Br)c[nH]2)cc1. The molecule has 0 saturated heterocycles. The van der Waals surface area contributed by atoms with E-state index >= 15 is 0 Å². The zero-order valence-electron chi connectivity index (χ0n) is 11.9. The van der Waals surface area contributed by atoms with Gasteiger partial charge in [-0.1, -0.05) is 17.7 Å². The molecule has 1 amide bonds. The second-order valence-corrected chi connectivity index (χ2v) is 7.38. The number of H-pyrrole nitrogens is 1. The van der Waals surface area contributed by atoms with E-state index in [1.165, 1.54) is 0 Å². The Balaban J connectivity index is 1.83. The van der Waals surface area contributed by atoms with Crippen molar-refractivity contribution < 1.29 is 13.2 Å². The molecule has 0 fully saturated rings. The number of halogens is 1. The highest BCUT2D eigenvalue weighted by molar-refractivity contribution is 9.10. The van der Waals surface area contributed by atoms with Crippen molar-refractivity contribution in [2.75, 3.05) is 13.1 Å². The molecular weight excluding hydrogens is 370 g/mol. The van der Waals surface area contributed by atoms with Crippen LogP contribution in [0.25, 0.3) is 0 Å². The van der Waals surface area contributed by atoms with Gasteiger partial charge < -0.3 is 10.3 Å². The highest BCUT2D eigenvalue weighted by Crippen LogP contribution is 2.10. The summed E-state index contributed by atoms with van der Waals surface area (Å²) in [7, 11) is -3.55. The van der Waals surface area contributed by atoms with E-state index in [0.29, 0.717) is 5.69 Å². The molecular formula is C14H16BrN3O3S. The molecule has 6 nitrogen and oxygen atoms in total. The molecule has 0 aliphatic heterocycles. The molecule has 0 aliphatic rings. The van der Waals surface area contributed by atoms with Crippen LogP contribution in [0.1, 0.15) is 16.1 Å². The fourth-order valence-electron chi connectivity index (χ4n) is 1.76. The van der Waals surface area contributed by atoms with Crippen LogP contribution >= 0.6 is 15.9 Å². The molecule has 118 valence electrons. The van der Waals surface area contributed by atoms with E-state index in [2.05, 4.69) is 31.0 Å². The van der Waals surface area contributed by atoms with Gasteiger partial charge in [0, 0.05) is 23.8 Å². The summed E-state index contributed by atoms with van der Waals surface area (Å²) in [5.41, 5.74) is 1.40. The van der Waals surface area contributed by atoms with Crippen molar-refractivity contribution in [1.82, 2.24) is 15.0 Å². The van der Waals surface area contributed by atoms with Crippen molar-refractivity contribution in [1.29, 1.82) is 0 Å². The Kier molecular flexibility index (Phi) is 5.38. The highest BCUT2D eigenvalue weighted by Gasteiger charge is 2.13. The lowest BCUT2D eigenvalue weighted by molar-refractivity contribution is 0.0950. The third-order valence-electron chi connectivity index (χ3n) is 2.93. The van der Waals surface area contributed by atoms with Gasteiger partial charge >= 0.3 is 0 Å². The molecule has 0 aliphatic carbocycles. The van der Waals surface area contributed by atoms with Gasteiger partial charge in [0.2, 0.25) is 10.0 Å². The number of carbonyl (C=O) groups is 1. The lowest BCUT2D eigenvalue weighted by atomic mass is 10.2. The first-order chi connectivity index (χ1) is 10.4. The molecule has 3 N–H and O–H groups in total. The summed E-state index contributed by atoms with van der Waals surface area (Å²) >= 11 is 3.24. The van der Waals surface area contributed by atoms with Gasteiger partial charge in [0.1, 0.15) is 5.69 Å². The van der Waals surface area contributed by atoms with Crippen LogP contribution in [-0.4, -0.2) is 32.4 Å². The minimum absolute atomic E-state index is 0.115. The monoisotopic (exact) mass is 385 g/mol. The minimum atomic E-state index is -3.55. The molecule has 0 radical (unpaired) electrons. The number of rotatable bonds is 6. The molecule has 8 heteroatoms. The number of amides is 1. The highest BCUT2D eigenvalue weighted by atomic mass is 79.9. The van der Waals surface area contributed by atoms with E-state index in [4.69, 9.17) is 0 Å². The molecule has 0 saturated carbocycles. The summed E-state index contributed by atoms with van der Waals surface area (Å²) in [5, 5.41) is 2.63. The van der Waals surface area contributed by atoms with Crippen molar-refractivity contribution in [3.63, 3.8) is 0 Å². The number of carbonyl (C=O) groups excluding carboxylic acids is 1. The average Bonchev–Trinajstić information content (AvgIpc) is 2.90. The topological polar surface area (TPSA) is 91.1 Å². The van der Waals surface area contributed by atoms with Gasteiger partial charge in [-0.15, -0.1) is 0 Å². The summed E-state index contributed by atoms with van der Waals surface area (Å²) in [6.07, 6.45) is 1.65. The number of nitrogens with one attached hydrogen (secondary N) is 3. The van der Waals surface area contributed by atoms with Crippen LogP contribution in [0.15, 0.2) is 45.9 Å². The molecule has 1 heterocycles. The van der Waals surface area contributed by atoms with Crippen LogP contribution in [0.4, 0.5) is 0 Å². The zero-order valence-corrected chi connectivity index (χ0v) is 14.3. The van der Waals surface area contributed by atoms with E-state index < -0.39 is 10.0 Å². The largest absolute Gasteiger partial charge is 0.356 e. The quantitative estimate of drug-likeness (QED) is 0.662. The second-order valence-electron chi connectivity index (χ2n) is 4.70. The van der Waals surface area contributed by atoms with Crippen molar-refractivity contribution in [2.45, 2.75) is 11.8 Å². The lowest BCUT2D eigenvalue weighted by Crippen LogP contribution is -2.34. The Morgan fingerprint density at radius 1 is 1.23 bits per heavy atom. The standard InChI is InChI=1S/C14H16BrN3O3S/c1-10-2-4-12(5-3-10)22(20,21)18-7-6-16-14(19)13-8-11(15)9-17-13/h2-5,8-9,17-18H,6-7H2,1H3,(H,16,19). The summed E-state index contributed by atoms with van der Waals surface area (Å²) < 4.78 is 27.3. The van der Waals surface area contributed by atoms with Crippen molar-refractivity contribution >= 4 is 31.9 Å². The van der Waals surface area contributed by atoms with E-state index in [0.717, 1.165) is 10.0 Å². The molecule has 0 spiro atoms. The lowest BCUT2D eigenvalue weighted by Gasteiger charge is -2.08. The number of aromatic amines is 1. The number of hydrogen-bond donors (Lipinski definition) is 3. The van der Waals surface area contributed by atoms with E-state index in [1.54, 1.807) is 36.5 Å². The van der Waals surface area contributed by atoms with Gasteiger partial charge in [-0.2, -0.15) is 0 Å². The molecule has 22 heavy (non-hydrogen) atoms. The van der Waals surface area contributed by atoms with Gasteiger partial charge in [0.25, 0.3) is 5.91 Å². The van der Waals surface area contributed by atoms with Crippen LogP contribution in [0, 0.1) is 6.92 Å². The fourth-order valence-corrected chi connectivity index (χ4v) is 3.13. The molecule has 1 aromatic heterocycles. The maximum Gasteiger partial charge on any atom is 0.267 e. The smallest absolute Gasteiger partial charge is 0.267 e. The third kappa shape index (κ3) is 4.43. The van der Waals surface area contributed by atoms with Crippen molar-refractivity contribution in [3.05, 3.63) is 52.3 Å². The summed E-state index contributed by atoms with van der Waals surface area (Å²) in [6, 6.07) is 8.21. The van der Waals surface area contributed by atoms with Gasteiger partial charge in [0.05, 0.1) is 4.90 Å². The van der Waals surface area contributed by atoms with E-state index in [-0.39, 0.29) is 23.9 Å². The Morgan fingerprint density at radius 2 is 1.91 bits per heavy atom. The number of sulfonamides is 1. The Bertz CT molecular complexity index is 754. The van der Waals surface area contributed by atoms with Crippen LogP contribution in [-0.2, 0) is 10.0 Å². The zero-order chi connectivity index (χ0) is 16.2. The Morgan fingerprint density at radius 3 is 2.50 bits per heavy atom.